The van der Waals surface area contributed by atoms with Crippen LogP contribution in [0.25, 0.3) is 0 Å². The van der Waals surface area contributed by atoms with Gasteiger partial charge in [-0.3, -0.25) is 15.5 Å². The van der Waals surface area contributed by atoms with Crippen molar-refractivity contribution in [3.05, 3.63) is 50.7 Å². The van der Waals surface area contributed by atoms with Gasteiger partial charge >= 0.3 is 5.69 Å². The van der Waals surface area contributed by atoms with Gasteiger partial charge < -0.3 is 4.74 Å². The van der Waals surface area contributed by atoms with E-state index in [1.54, 1.807) is 24.3 Å². The van der Waals surface area contributed by atoms with E-state index in [1.165, 1.54) is 6.92 Å². The second-order valence-electron chi connectivity index (χ2n) is 4.07. The van der Waals surface area contributed by atoms with E-state index in [0.29, 0.717) is 10.6 Å². The number of nitrogens with two attached hydrogens (primary N) is 1. The molecule has 2 aromatic rings. The lowest BCUT2D eigenvalue weighted by Crippen LogP contribution is -2.13. The maximum absolute atomic E-state index is 11.1. The first-order chi connectivity index (χ1) is 10.0. The highest BCUT2D eigenvalue weighted by Crippen LogP contribution is 2.29. The normalized spacial score (nSPS) is 10.2. The second kappa shape index (κ2) is 6.33. The summed E-state index contributed by atoms with van der Waals surface area (Å²) in [5.74, 6) is 5.09. The molecule has 0 saturated heterocycles. The van der Waals surface area contributed by atoms with Crippen molar-refractivity contribution in [2.45, 2.75) is 13.5 Å². The van der Waals surface area contributed by atoms with E-state index in [-0.39, 0.29) is 29.8 Å². The van der Waals surface area contributed by atoms with E-state index in [4.69, 9.17) is 22.2 Å². The maximum Gasteiger partial charge on any atom is 0.352 e. The molecule has 0 spiro atoms. The van der Waals surface area contributed by atoms with Crippen LogP contribution in [0.4, 0.5) is 11.6 Å². The molecule has 3 N–H and O–H groups in total. The highest BCUT2D eigenvalue weighted by molar-refractivity contribution is 6.31. The van der Waals surface area contributed by atoms with E-state index in [2.05, 4.69) is 15.4 Å². The third-order valence-electron chi connectivity index (χ3n) is 2.66. The number of aromatic nitrogens is 2. The van der Waals surface area contributed by atoms with Gasteiger partial charge in [0.2, 0.25) is 5.95 Å². The lowest BCUT2D eigenvalue weighted by atomic mass is 10.2. The Morgan fingerprint density at radius 3 is 2.76 bits per heavy atom. The quantitative estimate of drug-likeness (QED) is 0.494. The highest BCUT2D eigenvalue weighted by Gasteiger charge is 2.23. The Kier molecular flexibility index (Phi) is 4.51. The fraction of sp³-hybridized carbons (Fsp3) is 0.167. The van der Waals surface area contributed by atoms with Crippen molar-refractivity contribution in [3.8, 4) is 5.88 Å². The molecule has 8 nitrogen and oxygen atoms in total. The summed E-state index contributed by atoms with van der Waals surface area (Å²) in [5, 5.41) is 11.6. The van der Waals surface area contributed by atoms with Crippen molar-refractivity contribution in [3.63, 3.8) is 0 Å². The first kappa shape index (κ1) is 14.9. The van der Waals surface area contributed by atoms with E-state index in [0.717, 1.165) is 0 Å². The zero-order valence-corrected chi connectivity index (χ0v) is 11.8. The lowest BCUT2D eigenvalue weighted by molar-refractivity contribution is -0.387. The summed E-state index contributed by atoms with van der Waals surface area (Å²) < 4.78 is 5.42. The number of aryl methyl sites for hydroxylation is 1. The summed E-state index contributed by atoms with van der Waals surface area (Å²) in [6.45, 7) is 1.52. The number of hydrazine groups is 1. The van der Waals surface area contributed by atoms with Gasteiger partial charge in [0.05, 0.1) is 4.92 Å². The summed E-state index contributed by atoms with van der Waals surface area (Å²) in [6.07, 6.45) is 0. The largest absolute Gasteiger partial charge is 0.468 e. The molecule has 0 bridgehead atoms. The number of ether oxygens (including phenoxy) is 1. The lowest BCUT2D eigenvalue weighted by Gasteiger charge is -2.09. The Bertz CT molecular complexity index is 680. The molecule has 21 heavy (non-hydrogen) atoms. The van der Waals surface area contributed by atoms with Crippen molar-refractivity contribution in [1.82, 2.24) is 9.97 Å². The molecular weight excluding hydrogens is 298 g/mol. The molecule has 110 valence electrons. The molecule has 0 fully saturated rings. The van der Waals surface area contributed by atoms with E-state index in [1.807, 2.05) is 0 Å². The molecule has 9 heteroatoms. The minimum atomic E-state index is -0.600. The molecule has 0 radical (unpaired) electrons. The number of nitro groups is 1. The molecule has 0 unspecified atom stereocenters. The van der Waals surface area contributed by atoms with Crippen LogP contribution in [0.1, 0.15) is 11.3 Å². The Hall–Kier alpha value is -2.45. The summed E-state index contributed by atoms with van der Waals surface area (Å²) in [5.41, 5.74) is 2.77. The topological polar surface area (TPSA) is 116 Å². The molecule has 1 heterocycles. The van der Waals surface area contributed by atoms with Gasteiger partial charge in [0.1, 0.15) is 12.3 Å². The number of halogens is 1. The molecule has 0 saturated carbocycles. The van der Waals surface area contributed by atoms with Crippen LogP contribution in [0.2, 0.25) is 5.02 Å². The average Bonchev–Trinajstić information content (AvgIpc) is 2.45. The van der Waals surface area contributed by atoms with Crippen LogP contribution in [0.3, 0.4) is 0 Å². The summed E-state index contributed by atoms with van der Waals surface area (Å²) in [7, 11) is 0. The fourth-order valence-electron chi connectivity index (χ4n) is 1.68. The van der Waals surface area contributed by atoms with Gasteiger partial charge in [-0.1, -0.05) is 29.8 Å². The van der Waals surface area contributed by atoms with Gasteiger partial charge in [0, 0.05) is 10.6 Å². The molecule has 0 aliphatic carbocycles. The molecular formula is C12H12ClN5O3. The maximum atomic E-state index is 11.1. The molecule has 0 atom stereocenters. The van der Waals surface area contributed by atoms with Gasteiger partial charge in [-0.25, -0.2) is 10.8 Å². The van der Waals surface area contributed by atoms with E-state index >= 15 is 0 Å². The van der Waals surface area contributed by atoms with Gasteiger partial charge in [-0.05, 0) is 13.0 Å². The predicted octanol–water partition coefficient (Wildman–Crippen LogP) is 2.21. The third-order valence-corrected chi connectivity index (χ3v) is 3.03. The van der Waals surface area contributed by atoms with Crippen LogP contribution in [-0.4, -0.2) is 14.9 Å². The van der Waals surface area contributed by atoms with Crippen molar-refractivity contribution in [1.29, 1.82) is 0 Å². The minimum absolute atomic E-state index is 0.0345. The number of hydrogen-bond acceptors (Lipinski definition) is 7. The van der Waals surface area contributed by atoms with Gasteiger partial charge in [0.15, 0.2) is 0 Å². The molecule has 2 rings (SSSR count). The Labute approximate surface area is 125 Å². The van der Waals surface area contributed by atoms with Crippen LogP contribution in [0.15, 0.2) is 24.3 Å². The van der Waals surface area contributed by atoms with E-state index in [9.17, 15) is 10.1 Å². The van der Waals surface area contributed by atoms with Crippen LogP contribution in [-0.2, 0) is 6.61 Å². The number of rotatable bonds is 5. The standard InChI is InChI=1S/C12H12ClN5O3/c1-7-10(18(19)20)11(16-12(15-7)17-14)21-6-8-4-2-3-5-9(8)13/h2-5H,6,14H2,1H3,(H,15,16,17). The smallest absolute Gasteiger partial charge is 0.352 e. The zero-order valence-electron chi connectivity index (χ0n) is 11.0. The van der Waals surface area contributed by atoms with Crippen molar-refractivity contribution in [2.24, 2.45) is 5.84 Å². The average molecular weight is 310 g/mol. The fourth-order valence-corrected chi connectivity index (χ4v) is 1.87. The monoisotopic (exact) mass is 309 g/mol. The number of benzene rings is 1. The first-order valence-corrected chi connectivity index (χ1v) is 6.26. The van der Waals surface area contributed by atoms with Crippen molar-refractivity contribution < 1.29 is 9.66 Å². The van der Waals surface area contributed by atoms with Gasteiger partial charge in [0.25, 0.3) is 5.88 Å². The SMILES string of the molecule is Cc1nc(NN)nc(OCc2ccccc2Cl)c1[N+](=O)[O-]. The summed E-state index contributed by atoms with van der Waals surface area (Å²) >= 11 is 6.00. The summed E-state index contributed by atoms with van der Waals surface area (Å²) in [6, 6.07) is 7.02. The van der Waals surface area contributed by atoms with Crippen LogP contribution < -0.4 is 16.0 Å². The van der Waals surface area contributed by atoms with E-state index < -0.39 is 4.92 Å². The molecule has 0 amide bonds. The van der Waals surface area contributed by atoms with Gasteiger partial charge in [-0.15, -0.1) is 0 Å². The first-order valence-electron chi connectivity index (χ1n) is 5.88. The number of nitrogens with one attached hydrogen (secondary N) is 1. The van der Waals surface area contributed by atoms with Crippen molar-refractivity contribution >= 4 is 23.2 Å². The number of hydrogen-bond donors (Lipinski definition) is 2. The second-order valence-corrected chi connectivity index (χ2v) is 4.48. The third kappa shape index (κ3) is 3.36. The Balaban J connectivity index is 2.32. The highest BCUT2D eigenvalue weighted by atomic mass is 35.5. The van der Waals surface area contributed by atoms with Gasteiger partial charge in [-0.2, -0.15) is 4.98 Å². The molecule has 0 aliphatic rings. The predicted molar refractivity (Wildman–Crippen MR) is 77.0 cm³/mol. The number of anilines is 1. The van der Waals surface area contributed by atoms with Crippen LogP contribution in [0, 0.1) is 17.0 Å². The minimum Gasteiger partial charge on any atom is -0.468 e. The zero-order chi connectivity index (χ0) is 15.4. The summed E-state index contributed by atoms with van der Waals surface area (Å²) in [4.78, 5) is 18.2. The molecule has 0 aliphatic heterocycles. The van der Waals surface area contributed by atoms with Crippen LogP contribution >= 0.6 is 11.6 Å². The Morgan fingerprint density at radius 1 is 1.43 bits per heavy atom. The Morgan fingerprint density at radius 2 is 2.14 bits per heavy atom. The molecule has 1 aromatic heterocycles. The number of nitrogen functional groups attached to an aromatic ring is 1. The van der Waals surface area contributed by atoms with Crippen LogP contribution in [0.5, 0.6) is 5.88 Å². The molecule has 1 aromatic carbocycles. The van der Waals surface area contributed by atoms with Crippen molar-refractivity contribution in [2.75, 3.05) is 5.43 Å². The number of nitrogens with zero attached hydrogens (tertiary/aromatic N) is 3.